The Labute approximate surface area is 202 Å². The van der Waals surface area contributed by atoms with Crippen molar-refractivity contribution in [2.75, 3.05) is 5.32 Å². The monoisotopic (exact) mass is 502 g/mol. The molecule has 1 amide bonds. The number of carbonyl (C=O) groups excluding carboxylic acids is 1. The molecule has 1 fully saturated rings. The van der Waals surface area contributed by atoms with Gasteiger partial charge in [-0.1, -0.05) is 17.2 Å². The van der Waals surface area contributed by atoms with Gasteiger partial charge in [0.2, 0.25) is 5.91 Å². The lowest BCUT2D eigenvalue weighted by molar-refractivity contribution is -0.123. The Kier molecular flexibility index (Phi) is 6.53. The quantitative estimate of drug-likeness (QED) is 0.342. The highest BCUT2D eigenvalue weighted by Gasteiger charge is 2.43. The number of nitrogens with zero attached hydrogens (tertiary/aromatic N) is 4. The molecule has 0 unspecified atom stereocenters. The molecule has 0 aliphatic heterocycles. The second kappa shape index (κ2) is 9.41. The van der Waals surface area contributed by atoms with E-state index in [0.29, 0.717) is 33.4 Å². The molecule has 5 rings (SSSR count). The number of rotatable bonds is 4. The third-order valence-electron chi connectivity index (χ3n) is 5.81. The first-order chi connectivity index (χ1) is 16.7. The van der Waals surface area contributed by atoms with Crippen LogP contribution >= 0.6 is 11.6 Å². The zero-order valence-corrected chi connectivity index (χ0v) is 19.7. The van der Waals surface area contributed by atoms with Crippen LogP contribution in [0.4, 0.5) is 14.6 Å². The van der Waals surface area contributed by atoms with E-state index in [1.54, 1.807) is 23.0 Å². The molecule has 1 saturated carbocycles. The second-order valence-corrected chi connectivity index (χ2v) is 8.66. The van der Waals surface area contributed by atoms with Crippen LogP contribution in [0.2, 0.25) is 5.02 Å². The molecule has 0 bridgehead atoms. The number of aromatic nitrogens is 5. The van der Waals surface area contributed by atoms with E-state index in [-0.39, 0.29) is 23.7 Å². The van der Waals surface area contributed by atoms with Crippen molar-refractivity contribution in [3.8, 4) is 11.3 Å². The summed E-state index contributed by atoms with van der Waals surface area (Å²) in [6, 6.07) is 0. The molecule has 35 heavy (non-hydrogen) atoms. The summed E-state index contributed by atoms with van der Waals surface area (Å²) in [7, 11) is 0. The van der Waals surface area contributed by atoms with E-state index in [1.165, 1.54) is 6.20 Å². The first-order valence-corrected chi connectivity index (χ1v) is 10.9. The summed E-state index contributed by atoms with van der Waals surface area (Å²) in [4.78, 5) is 29.1. The van der Waals surface area contributed by atoms with E-state index in [4.69, 9.17) is 21.5 Å². The number of imidazole rings is 1. The van der Waals surface area contributed by atoms with Crippen molar-refractivity contribution in [3.05, 3.63) is 46.8 Å². The van der Waals surface area contributed by atoms with Crippen LogP contribution in [-0.2, 0) is 9.59 Å². The van der Waals surface area contributed by atoms with Crippen LogP contribution in [-0.4, -0.2) is 48.2 Å². The molecule has 3 N–H and O–H groups in total. The van der Waals surface area contributed by atoms with Crippen LogP contribution in [0.25, 0.3) is 33.4 Å². The maximum absolute atomic E-state index is 15.4. The van der Waals surface area contributed by atoms with Crippen LogP contribution in [0.5, 0.6) is 0 Å². The summed E-state index contributed by atoms with van der Waals surface area (Å²) < 4.78 is 30.2. The summed E-state index contributed by atoms with van der Waals surface area (Å²) in [6.45, 7) is 5.39. The van der Waals surface area contributed by atoms with Gasteiger partial charge in [-0.05, 0) is 32.8 Å². The van der Waals surface area contributed by atoms with Crippen molar-refractivity contribution in [1.29, 1.82) is 0 Å². The highest BCUT2D eigenvalue weighted by molar-refractivity contribution is 6.35. The molecule has 1 aliphatic rings. The van der Waals surface area contributed by atoms with Crippen molar-refractivity contribution in [3.63, 3.8) is 0 Å². The van der Waals surface area contributed by atoms with Gasteiger partial charge in [0.25, 0.3) is 6.47 Å². The van der Waals surface area contributed by atoms with Crippen molar-refractivity contribution >= 4 is 51.9 Å². The number of anilines is 1. The van der Waals surface area contributed by atoms with Crippen LogP contribution in [0.1, 0.15) is 32.8 Å². The Morgan fingerprint density at radius 1 is 1.31 bits per heavy atom. The van der Waals surface area contributed by atoms with Gasteiger partial charge in [-0.25, -0.2) is 13.8 Å². The standard InChI is InChI=1S/C22H19ClF2N6O.CH2O2/c1-9(2)10(3)17-20(25)19(23)18(12-5-27-30-21(12)17)14-7-31-8-15(28-16(31)6-26-14)29-22(32)11-4-13(11)24;2-1-3/h5-8,11,13H,4H2,1-3H3,(H,27,30)(H,29,32);1H,(H,2,3)/t11-,13+;/m1./s1. The third kappa shape index (κ3) is 4.46. The molecule has 0 spiro atoms. The van der Waals surface area contributed by atoms with Crippen LogP contribution in [0.3, 0.4) is 0 Å². The molecular formula is C23H21ClF2N6O3. The van der Waals surface area contributed by atoms with Crippen molar-refractivity contribution in [1.82, 2.24) is 24.6 Å². The Hall–Kier alpha value is -3.86. The van der Waals surface area contributed by atoms with Crippen LogP contribution in [0.15, 0.2) is 30.4 Å². The molecule has 4 aromatic rings. The molecule has 1 aliphatic carbocycles. The molecule has 9 nitrogen and oxygen atoms in total. The second-order valence-electron chi connectivity index (χ2n) is 8.28. The summed E-state index contributed by atoms with van der Waals surface area (Å²) in [5.74, 6) is -1.28. The number of carbonyl (C=O) groups is 2. The van der Waals surface area contributed by atoms with Gasteiger partial charge in [0.1, 0.15) is 6.17 Å². The van der Waals surface area contributed by atoms with E-state index < -0.39 is 23.8 Å². The maximum atomic E-state index is 15.4. The average Bonchev–Trinajstić information content (AvgIpc) is 3.17. The molecule has 0 radical (unpaired) electrons. The lowest BCUT2D eigenvalue weighted by Crippen LogP contribution is -2.15. The van der Waals surface area contributed by atoms with Gasteiger partial charge in [-0.3, -0.25) is 19.7 Å². The van der Waals surface area contributed by atoms with Crippen LogP contribution in [0, 0.1) is 11.7 Å². The average molecular weight is 503 g/mol. The maximum Gasteiger partial charge on any atom is 0.290 e. The molecular weight excluding hydrogens is 482 g/mol. The van der Waals surface area contributed by atoms with E-state index >= 15 is 4.39 Å². The summed E-state index contributed by atoms with van der Waals surface area (Å²) in [6.07, 6.45) is 5.47. The molecule has 182 valence electrons. The minimum Gasteiger partial charge on any atom is -0.483 e. The number of hydrogen-bond donors (Lipinski definition) is 3. The van der Waals surface area contributed by atoms with E-state index in [0.717, 1.165) is 11.1 Å². The van der Waals surface area contributed by atoms with Crippen LogP contribution < -0.4 is 5.32 Å². The first kappa shape index (κ1) is 24.3. The zero-order valence-electron chi connectivity index (χ0n) is 18.9. The highest BCUT2D eigenvalue weighted by Crippen LogP contribution is 2.41. The van der Waals surface area contributed by atoms with Gasteiger partial charge in [-0.2, -0.15) is 5.10 Å². The number of fused-ring (bicyclic) bond motifs is 2. The number of hydrogen-bond acceptors (Lipinski definition) is 5. The molecule has 1 aromatic carbocycles. The van der Waals surface area contributed by atoms with Crippen molar-refractivity contribution < 1.29 is 23.5 Å². The lowest BCUT2D eigenvalue weighted by Gasteiger charge is -2.13. The lowest BCUT2D eigenvalue weighted by atomic mass is 9.96. The fraction of sp³-hybridized carbons (Fsp3) is 0.261. The van der Waals surface area contributed by atoms with Crippen molar-refractivity contribution in [2.24, 2.45) is 5.92 Å². The predicted octanol–water partition coefficient (Wildman–Crippen LogP) is 4.88. The summed E-state index contributed by atoms with van der Waals surface area (Å²) in [5, 5.41) is 17.1. The molecule has 12 heteroatoms. The Morgan fingerprint density at radius 3 is 2.63 bits per heavy atom. The molecule has 2 atom stereocenters. The van der Waals surface area contributed by atoms with E-state index in [9.17, 15) is 9.18 Å². The Bertz CT molecular complexity index is 1490. The Morgan fingerprint density at radius 2 is 2.00 bits per heavy atom. The summed E-state index contributed by atoms with van der Waals surface area (Å²) in [5.41, 5.74) is 3.93. The van der Waals surface area contributed by atoms with E-state index in [1.807, 2.05) is 20.8 Å². The van der Waals surface area contributed by atoms with Gasteiger partial charge < -0.3 is 14.8 Å². The topological polar surface area (TPSA) is 125 Å². The zero-order chi connectivity index (χ0) is 25.4. The molecule has 3 heterocycles. The van der Waals surface area contributed by atoms with Crippen molar-refractivity contribution in [2.45, 2.75) is 33.4 Å². The van der Waals surface area contributed by atoms with E-state index in [2.05, 4.69) is 25.5 Å². The SMILES string of the molecule is CC(C)=C(C)c1c(F)c(Cl)c(-c2cn3cc(NC(=O)[C@@H]4C[C@@H]4F)nc3cn2)c2cn[nH]c12.O=CO. The van der Waals surface area contributed by atoms with Gasteiger partial charge >= 0.3 is 0 Å². The van der Waals surface area contributed by atoms with Gasteiger partial charge in [-0.15, -0.1) is 0 Å². The van der Waals surface area contributed by atoms with Gasteiger partial charge in [0.05, 0.1) is 40.7 Å². The number of alkyl halides is 1. The Balaban J connectivity index is 0.000000917. The summed E-state index contributed by atoms with van der Waals surface area (Å²) >= 11 is 6.50. The molecule has 0 saturated heterocycles. The number of allylic oxidation sites excluding steroid dienone is 2. The fourth-order valence-corrected chi connectivity index (χ4v) is 4.00. The molecule has 3 aromatic heterocycles. The minimum absolute atomic E-state index is 0.0577. The predicted molar refractivity (Wildman–Crippen MR) is 127 cm³/mol. The van der Waals surface area contributed by atoms with Gasteiger partial charge in [0.15, 0.2) is 17.3 Å². The third-order valence-corrected chi connectivity index (χ3v) is 6.17. The number of nitrogens with one attached hydrogen (secondary N) is 2. The normalized spacial score (nSPS) is 16.5. The fourth-order valence-electron chi connectivity index (χ4n) is 3.71. The number of benzene rings is 1. The number of aromatic amines is 1. The minimum atomic E-state index is -1.09. The number of halogens is 3. The number of H-pyrrole nitrogens is 1. The largest absolute Gasteiger partial charge is 0.483 e. The number of amides is 1. The highest BCUT2D eigenvalue weighted by atomic mass is 35.5. The number of carboxylic acid groups (broad SMARTS) is 1. The first-order valence-electron chi connectivity index (χ1n) is 10.5. The van der Waals surface area contributed by atoms with Gasteiger partial charge in [0, 0.05) is 22.7 Å². The smallest absolute Gasteiger partial charge is 0.290 e.